The Bertz CT molecular complexity index is 712. The van der Waals surface area contributed by atoms with Gasteiger partial charge in [-0.3, -0.25) is 4.79 Å². The highest BCUT2D eigenvalue weighted by Crippen LogP contribution is 2.38. The van der Waals surface area contributed by atoms with Gasteiger partial charge in [0, 0.05) is 17.8 Å². The van der Waals surface area contributed by atoms with Gasteiger partial charge in [0.15, 0.2) is 5.78 Å². The maximum absolute atomic E-state index is 12.4. The zero-order valence-corrected chi connectivity index (χ0v) is 13.2. The number of carbonyl (C=O) groups excluding carboxylic acids is 1. The summed E-state index contributed by atoms with van der Waals surface area (Å²) in [6, 6.07) is 10.0. The van der Waals surface area contributed by atoms with Crippen molar-refractivity contribution in [3.05, 3.63) is 70.5 Å². The lowest BCUT2D eigenvalue weighted by atomic mass is 9.79. The minimum atomic E-state index is -0.467. The number of ketones is 1. The van der Waals surface area contributed by atoms with Gasteiger partial charge in [-0.1, -0.05) is 30.3 Å². The van der Waals surface area contributed by atoms with E-state index >= 15 is 0 Å². The van der Waals surface area contributed by atoms with Crippen LogP contribution >= 0.6 is 0 Å². The van der Waals surface area contributed by atoms with E-state index in [1.165, 1.54) is 24.0 Å². The summed E-state index contributed by atoms with van der Waals surface area (Å²) < 4.78 is 6.07. The zero-order chi connectivity index (χ0) is 15.6. The van der Waals surface area contributed by atoms with Gasteiger partial charge in [0.05, 0.1) is 6.61 Å². The summed E-state index contributed by atoms with van der Waals surface area (Å²) in [5.74, 6) is 0.0563. The number of hydrogen-bond donors (Lipinski definition) is 1. The normalized spacial score (nSPS) is 23.5. The molecule has 0 saturated heterocycles. The highest BCUT2D eigenvalue weighted by Gasteiger charge is 2.34. The Morgan fingerprint density at radius 2 is 1.91 bits per heavy atom. The first kappa shape index (κ1) is 14.5. The molecule has 118 valence electrons. The van der Waals surface area contributed by atoms with Gasteiger partial charge in [0.25, 0.3) is 0 Å². The molecular formula is C20H21NO2. The fraction of sp³-hybridized carbons (Fsp3) is 0.350. The summed E-state index contributed by atoms with van der Waals surface area (Å²) in [6.07, 6.45) is 7.77. The Morgan fingerprint density at radius 1 is 1.09 bits per heavy atom. The minimum Gasteiger partial charge on any atom is -0.381 e. The van der Waals surface area contributed by atoms with Crippen molar-refractivity contribution in [2.24, 2.45) is 0 Å². The molecule has 1 atom stereocenters. The molecule has 0 radical (unpaired) electrons. The monoisotopic (exact) mass is 307 g/mol. The van der Waals surface area contributed by atoms with E-state index in [-0.39, 0.29) is 5.78 Å². The van der Waals surface area contributed by atoms with E-state index in [9.17, 15) is 4.79 Å². The Kier molecular flexibility index (Phi) is 3.88. The standard InChI is InChI=1S/C20H21NO2/c22-18-11-10-17-19(16-9-5-4-8-15(16)12-21-17)20(18)23-13-14-6-2-1-3-7-14/h1-3,6-7,10-11,20-21H,4-5,8-9,12-13H2. The smallest absolute Gasteiger partial charge is 0.189 e. The van der Waals surface area contributed by atoms with E-state index in [0.29, 0.717) is 6.61 Å². The molecule has 1 aromatic rings. The SMILES string of the molecule is O=C1C=CC2=C(C3=C(CCCC3)CN2)C1OCc1ccccc1. The molecule has 0 aromatic heterocycles. The predicted octanol–water partition coefficient (Wildman–Crippen LogP) is 3.44. The van der Waals surface area contributed by atoms with Crippen LogP contribution in [0.15, 0.2) is 64.9 Å². The summed E-state index contributed by atoms with van der Waals surface area (Å²) in [4.78, 5) is 12.4. The molecule has 0 saturated carbocycles. The second-order valence-electron chi connectivity index (χ2n) is 6.38. The van der Waals surface area contributed by atoms with Crippen LogP contribution in [-0.2, 0) is 16.1 Å². The molecule has 1 N–H and O–H groups in total. The molecule has 0 fully saturated rings. The maximum atomic E-state index is 12.4. The van der Waals surface area contributed by atoms with Gasteiger partial charge in [-0.25, -0.2) is 0 Å². The van der Waals surface area contributed by atoms with Crippen LogP contribution in [0.25, 0.3) is 0 Å². The van der Waals surface area contributed by atoms with Crippen molar-refractivity contribution < 1.29 is 9.53 Å². The minimum absolute atomic E-state index is 0.0563. The van der Waals surface area contributed by atoms with E-state index < -0.39 is 6.10 Å². The molecule has 1 unspecified atom stereocenters. The Balaban J connectivity index is 1.62. The lowest BCUT2D eigenvalue weighted by Gasteiger charge is -2.34. The molecule has 2 aliphatic carbocycles. The quantitative estimate of drug-likeness (QED) is 0.929. The highest BCUT2D eigenvalue weighted by atomic mass is 16.5. The van der Waals surface area contributed by atoms with Crippen molar-refractivity contribution in [3.63, 3.8) is 0 Å². The van der Waals surface area contributed by atoms with Crippen LogP contribution in [0.5, 0.6) is 0 Å². The third-order valence-corrected chi connectivity index (χ3v) is 4.88. The van der Waals surface area contributed by atoms with Crippen LogP contribution in [0, 0.1) is 0 Å². The van der Waals surface area contributed by atoms with E-state index in [4.69, 9.17) is 4.74 Å². The van der Waals surface area contributed by atoms with Crippen LogP contribution in [0.4, 0.5) is 0 Å². The van der Waals surface area contributed by atoms with Crippen molar-refractivity contribution in [2.45, 2.75) is 38.4 Å². The van der Waals surface area contributed by atoms with Gasteiger partial charge in [-0.05, 0) is 54.5 Å². The fourth-order valence-electron chi connectivity index (χ4n) is 3.71. The summed E-state index contributed by atoms with van der Waals surface area (Å²) >= 11 is 0. The number of fused-ring (bicyclic) bond motifs is 1. The first-order valence-electron chi connectivity index (χ1n) is 8.39. The Hall–Kier alpha value is -2.13. The van der Waals surface area contributed by atoms with Crippen molar-refractivity contribution in [2.75, 3.05) is 6.54 Å². The number of benzene rings is 1. The molecule has 1 heterocycles. The number of carbonyl (C=O) groups is 1. The molecule has 3 heteroatoms. The van der Waals surface area contributed by atoms with Crippen molar-refractivity contribution >= 4 is 5.78 Å². The third kappa shape index (κ3) is 2.77. The van der Waals surface area contributed by atoms with Crippen LogP contribution in [-0.4, -0.2) is 18.4 Å². The van der Waals surface area contributed by atoms with Gasteiger partial charge in [-0.15, -0.1) is 0 Å². The fourth-order valence-corrected chi connectivity index (χ4v) is 3.71. The molecule has 3 nitrogen and oxygen atoms in total. The van der Waals surface area contributed by atoms with Gasteiger partial charge < -0.3 is 10.1 Å². The van der Waals surface area contributed by atoms with Crippen LogP contribution < -0.4 is 5.32 Å². The second-order valence-corrected chi connectivity index (χ2v) is 6.38. The van der Waals surface area contributed by atoms with Crippen LogP contribution in [0.2, 0.25) is 0 Å². The first-order chi connectivity index (χ1) is 11.3. The predicted molar refractivity (Wildman–Crippen MR) is 89.7 cm³/mol. The third-order valence-electron chi connectivity index (χ3n) is 4.88. The summed E-state index contributed by atoms with van der Waals surface area (Å²) in [7, 11) is 0. The highest BCUT2D eigenvalue weighted by molar-refractivity contribution is 5.99. The lowest BCUT2D eigenvalue weighted by molar-refractivity contribution is -0.124. The molecule has 1 aromatic carbocycles. The van der Waals surface area contributed by atoms with E-state index in [1.807, 2.05) is 36.4 Å². The first-order valence-corrected chi connectivity index (χ1v) is 8.39. The van der Waals surface area contributed by atoms with Crippen LogP contribution in [0.3, 0.4) is 0 Å². The molecule has 4 rings (SSSR count). The molecule has 0 spiro atoms. The van der Waals surface area contributed by atoms with E-state index in [1.54, 1.807) is 6.08 Å². The second kappa shape index (κ2) is 6.17. The van der Waals surface area contributed by atoms with Gasteiger partial charge in [0.1, 0.15) is 6.10 Å². The zero-order valence-electron chi connectivity index (χ0n) is 13.2. The van der Waals surface area contributed by atoms with E-state index in [2.05, 4.69) is 5.32 Å². The summed E-state index contributed by atoms with van der Waals surface area (Å²) in [5.41, 5.74) is 6.10. The van der Waals surface area contributed by atoms with Crippen molar-refractivity contribution in [1.82, 2.24) is 5.32 Å². The van der Waals surface area contributed by atoms with Gasteiger partial charge >= 0.3 is 0 Å². The summed E-state index contributed by atoms with van der Waals surface area (Å²) in [5, 5.41) is 3.47. The number of allylic oxidation sites excluding steroid dienone is 1. The average molecular weight is 307 g/mol. The summed E-state index contributed by atoms with van der Waals surface area (Å²) in [6.45, 7) is 1.38. The number of nitrogens with one attached hydrogen (secondary N) is 1. The number of dihydropyridines is 1. The number of hydrogen-bond acceptors (Lipinski definition) is 3. The number of ether oxygens (including phenoxy) is 1. The van der Waals surface area contributed by atoms with Crippen molar-refractivity contribution in [3.8, 4) is 0 Å². The van der Waals surface area contributed by atoms with Gasteiger partial charge in [-0.2, -0.15) is 0 Å². The molecule has 1 aliphatic heterocycles. The molecule has 23 heavy (non-hydrogen) atoms. The maximum Gasteiger partial charge on any atom is 0.189 e. The Morgan fingerprint density at radius 3 is 2.78 bits per heavy atom. The number of rotatable bonds is 3. The van der Waals surface area contributed by atoms with Gasteiger partial charge in [0.2, 0.25) is 0 Å². The topological polar surface area (TPSA) is 38.3 Å². The Labute approximate surface area is 136 Å². The average Bonchev–Trinajstić information content (AvgIpc) is 2.61. The largest absolute Gasteiger partial charge is 0.381 e. The molecule has 0 bridgehead atoms. The van der Waals surface area contributed by atoms with E-state index in [0.717, 1.165) is 36.2 Å². The molecular weight excluding hydrogens is 286 g/mol. The molecule has 3 aliphatic rings. The lowest BCUT2D eigenvalue weighted by Crippen LogP contribution is -2.37. The van der Waals surface area contributed by atoms with Crippen molar-refractivity contribution in [1.29, 1.82) is 0 Å². The van der Waals surface area contributed by atoms with Crippen LogP contribution in [0.1, 0.15) is 31.2 Å². The molecule has 0 amide bonds.